The van der Waals surface area contributed by atoms with Gasteiger partial charge in [-0.15, -0.1) is 0 Å². The molecule has 12 saturated heterocycles. The molecule has 632 valence electrons. The van der Waals surface area contributed by atoms with Gasteiger partial charge < -0.3 is 242 Å². The van der Waals surface area contributed by atoms with E-state index in [4.69, 9.17) is 109 Å². The molecule has 0 radical (unpaired) electrons. The molecule has 0 bridgehead atoms. The molecule has 12 heterocycles. The summed E-state index contributed by atoms with van der Waals surface area (Å²) in [6, 6.07) is 0. The minimum atomic E-state index is -1.97. The summed E-state index contributed by atoms with van der Waals surface area (Å²) >= 11 is 0. The van der Waals surface area contributed by atoms with Crippen molar-refractivity contribution in [1.82, 2.24) is 0 Å². The van der Waals surface area contributed by atoms with Crippen molar-refractivity contribution in [3.05, 3.63) is 0 Å². The van der Waals surface area contributed by atoms with Crippen LogP contribution in [0.2, 0.25) is 0 Å². The number of hydrogen-bond acceptors (Lipinski definition) is 49. The Morgan fingerprint density at radius 3 is 0.596 bits per heavy atom. The highest BCUT2D eigenvalue weighted by Crippen LogP contribution is 2.37. The van der Waals surface area contributed by atoms with Gasteiger partial charge in [-0.05, 0) is 0 Å². The fraction of sp³-hybridized carbons (Fsp3) is 1.00. The van der Waals surface area contributed by atoms with E-state index in [0.29, 0.717) is 0 Å². The smallest absolute Gasteiger partial charge is 0.187 e. The standard InChI is InChI=1S/C60H98O49/c61-1-14-26(64)47(85)59(98-14)109-48-25(63)13(62)2-88-60(48)108-24-12-97-58(46(84)36(24)74)107-23-11-96-57(45(83)35(23)73)106-22-10-95-56(44(82)34(22)72)105-21-9-94-55(43(81)33(21)71)104-20-8-93-54(42(80)32(20)70)103-19-7-92-53(41(79)31(19)69)102-18-6-91-52(40(78)30(18)68)101-17-5-90-51(39(77)29(17)67)100-16-4-89-50(38(76)28(16)66)99-15-3-87-49(86)37(75)27(15)65/h13-86H,1-12H2/t13-,14+,15-,16-,17-,18-,19-,20-,21-,22-,23-,24-,25+,26-,27+,28+,29+,30+,31+,32+,33+,34+,35+,36+,37?,38?,39?,40?,41?,42?,43?,44?,45?,46?,47?,48?,49-,50+,51-,52-,53-,54-,55-,56-,57-,58-,59+,60+/m1/s1. The Kier molecular flexibility index (Phi) is 29.6. The molecule has 49 nitrogen and oxygen atoms in total. The predicted molar refractivity (Wildman–Crippen MR) is 323 cm³/mol. The zero-order valence-electron chi connectivity index (χ0n) is 57.2. The van der Waals surface area contributed by atoms with Gasteiger partial charge in [0, 0.05) is 0 Å². The molecule has 12 unspecified atom stereocenters. The Balaban J connectivity index is 0.526. The van der Waals surface area contributed by atoms with E-state index < -0.39 is 375 Å². The molecule has 0 aliphatic carbocycles. The number of ether oxygens (including phenoxy) is 23. The van der Waals surface area contributed by atoms with Gasteiger partial charge in [-0.3, -0.25) is 0 Å². The molecule has 48 atom stereocenters. The van der Waals surface area contributed by atoms with Crippen LogP contribution in [0.15, 0.2) is 0 Å². The van der Waals surface area contributed by atoms with E-state index in [1.165, 1.54) is 0 Å². The van der Waals surface area contributed by atoms with Crippen LogP contribution in [0.25, 0.3) is 0 Å². The first kappa shape index (κ1) is 86.4. The highest BCUT2D eigenvalue weighted by molar-refractivity contribution is 4.98. The monoisotopic (exact) mass is 1600 g/mol. The van der Waals surface area contributed by atoms with E-state index in [2.05, 4.69) is 0 Å². The van der Waals surface area contributed by atoms with Crippen LogP contribution in [0.3, 0.4) is 0 Å². The van der Waals surface area contributed by atoms with E-state index in [-0.39, 0.29) is 0 Å². The van der Waals surface area contributed by atoms with E-state index in [1.54, 1.807) is 0 Å². The van der Waals surface area contributed by atoms with Crippen LogP contribution in [0.1, 0.15) is 0 Å². The van der Waals surface area contributed by atoms with E-state index >= 15 is 0 Å². The lowest BCUT2D eigenvalue weighted by Crippen LogP contribution is -2.64. The van der Waals surface area contributed by atoms with E-state index in [9.17, 15) is 133 Å². The van der Waals surface area contributed by atoms with Gasteiger partial charge >= 0.3 is 0 Å². The van der Waals surface area contributed by atoms with Crippen molar-refractivity contribution in [2.75, 3.05) is 79.3 Å². The maximum absolute atomic E-state index is 11.1. The molecule has 0 aromatic heterocycles. The molecule has 0 saturated carbocycles. The fourth-order valence-electron chi connectivity index (χ4n) is 13.8. The third-order valence-electron chi connectivity index (χ3n) is 20.7. The second kappa shape index (κ2) is 37.3. The lowest BCUT2D eigenvalue weighted by molar-refractivity contribution is -0.371. The van der Waals surface area contributed by atoms with E-state index in [1.807, 2.05) is 0 Å². The van der Waals surface area contributed by atoms with Crippen LogP contribution in [-0.4, -0.2) is 507 Å². The van der Waals surface area contributed by atoms with Crippen molar-refractivity contribution in [2.45, 2.75) is 295 Å². The van der Waals surface area contributed by atoms with Crippen molar-refractivity contribution in [2.24, 2.45) is 0 Å². The van der Waals surface area contributed by atoms with Crippen LogP contribution >= 0.6 is 0 Å². The van der Waals surface area contributed by atoms with Crippen LogP contribution in [0, 0.1) is 0 Å². The van der Waals surface area contributed by atoms with Crippen LogP contribution in [0.5, 0.6) is 0 Å². The molecule has 0 spiro atoms. The molecule has 12 fully saturated rings. The van der Waals surface area contributed by atoms with Crippen molar-refractivity contribution in [3.63, 3.8) is 0 Å². The zero-order valence-corrected chi connectivity index (χ0v) is 57.2. The first-order valence-corrected chi connectivity index (χ1v) is 35.1. The van der Waals surface area contributed by atoms with Gasteiger partial charge in [0.15, 0.2) is 75.5 Å². The van der Waals surface area contributed by atoms with Gasteiger partial charge in [0.25, 0.3) is 0 Å². The Hall–Kier alpha value is -1.96. The normalized spacial score (nSPS) is 54.7. The summed E-state index contributed by atoms with van der Waals surface area (Å²) in [5.41, 5.74) is 0. The Morgan fingerprint density at radius 1 is 0.183 bits per heavy atom. The predicted octanol–water partition coefficient (Wildman–Crippen LogP) is -19.5. The molecule has 12 aliphatic rings. The van der Waals surface area contributed by atoms with Gasteiger partial charge in [-0.1, -0.05) is 0 Å². The summed E-state index contributed by atoms with van der Waals surface area (Å²) in [7, 11) is 0. The fourth-order valence-corrected chi connectivity index (χ4v) is 13.8. The van der Waals surface area contributed by atoms with Crippen LogP contribution < -0.4 is 0 Å². The second-order valence-electron chi connectivity index (χ2n) is 28.2. The van der Waals surface area contributed by atoms with Crippen molar-refractivity contribution in [3.8, 4) is 0 Å². The zero-order chi connectivity index (χ0) is 78.5. The highest BCUT2D eigenvalue weighted by atomic mass is 16.8. The molecule has 0 aromatic rings. The number of rotatable bonds is 23. The maximum atomic E-state index is 11.1. The summed E-state index contributed by atoms with van der Waals surface area (Å²) in [6.45, 7) is -6.69. The molecular formula is C60H98O49. The summed E-state index contributed by atoms with van der Waals surface area (Å²) in [6.07, 6.45) is -81.7. The van der Waals surface area contributed by atoms with Crippen molar-refractivity contribution in [1.29, 1.82) is 0 Å². The molecule has 0 amide bonds. The SMILES string of the molecule is OC[C@@H]1O[C@@H](OC2[C@H](O[C@@H]3CO[C@H](O[C@@H]4CO[C@H](O[C@@H]5CO[C@H](O[C@@H]6CO[C@H](O[C@@H]7CO[C@H](O[C@@H]8CO[C@H](O[C@@H]9CO[C@H](O[C@@H]%10CO[C@H](O[C@@H]%11CO[C@@H](O[C@@H]%12CO[C@@H](O)C(O)[C@H]%12O)C(O)[C@H]%11O)C(O)[C@H]%10O)C(O)[C@H]9O)C(O)[C@H]8O)C(O)[C@H]7O)C(O)[C@H]6O)C(O)[C@H]5O)C(O)[C@H]4O)C(O)[C@H]3O)OC[C@@H](O)[C@@H]2O)C(O)[C@@H]1O. The van der Waals surface area contributed by atoms with Crippen molar-refractivity contribution < 1.29 is 242 Å². The third-order valence-corrected chi connectivity index (χ3v) is 20.7. The number of aliphatic hydroxyl groups excluding tert-OH is 26. The molecule has 26 N–H and O–H groups in total. The molecule has 12 rings (SSSR count). The quantitative estimate of drug-likeness (QED) is 0.0452. The van der Waals surface area contributed by atoms with Gasteiger partial charge in [-0.2, -0.15) is 0 Å². The molecule has 0 aromatic carbocycles. The second-order valence-corrected chi connectivity index (χ2v) is 28.2. The summed E-state index contributed by atoms with van der Waals surface area (Å²) in [5.74, 6) is 0. The Labute approximate surface area is 614 Å². The molecule has 109 heavy (non-hydrogen) atoms. The maximum Gasteiger partial charge on any atom is 0.187 e. The lowest BCUT2D eigenvalue weighted by Gasteiger charge is -2.46. The molecule has 49 heteroatoms. The molecule has 12 aliphatic heterocycles. The minimum Gasteiger partial charge on any atom is -0.394 e. The summed E-state index contributed by atoms with van der Waals surface area (Å²) < 4.78 is 128. The summed E-state index contributed by atoms with van der Waals surface area (Å²) in [4.78, 5) is 0. The van der Waals surface area contributed by atoms with Gasteiger partial charge in [0.2, 0.25) is 0 Å². The Morgan fingerprint density at radius 2 is 0.376 bits per heavy atom. The first-order valence-electron chi connectivity index (χ1n) is 35.1. The number of aliphatic hydroxyl groups is 26. The van der Waals surface area contributed by atoms with Gasteiger partial charge in [0.05, 0.1) is 79.3 Å². The van der Waals surface area contributed by atoms with E-state index in [0.717, 1.165) is 0 Å². The highest BCUT2D eigenvalue weighted by Gasteiger charge is 2.57. The molecular weight excluding hydrogens is 1500 g/mol. The third kappa shape index (κ3) is 18.8. The summed E-state index contributed by atoms with van der Waals surface area (Å²) in [5, 5.41) is 279. The number of hydrogen-bond donors (Lipinski definition) is 26. The topological polar surface area (TPSA) is 738 Å². The first-order chi connectivity index (χ1) is 51.8. The lowest BCUT2D eigenvalue weighted by atomic mass is 10.0. The van der Waals surface area contributed by atoms with Crippen LogP contribution in [-0.2, 0) is 109 Å². The van der Waals surface area contributed by atoms with Crippen molar-refractivity contribution >= 4 is 0 Å². The largest absolute Gasteiger partial charge is 0.394 e. The van der Waals surface area contributed by atoms with Gasteiger partial charge in [-0.25, -0.2) is 0 Å². The average Bonchev–Trinajstić information content (AvgIpc) is 1.06. The van der Waals surface area contributed by atoms with Gasteiger partial charge in [0.1, 0.15) is 220 Å². The average molecular weight is 1600 g/mol. The minimum absolute atomic E-state index is 0.406. The van der Waals surface area contributed by atoms with Crippen LogP contribution in [0.4, 0.5) is 0 Å². The Bertz CT molecular complexity index is 2790.